The molecule has 0 spiro atoms. The van der Waals surface area contributed by atoms with E-state index in [0.717, 1.165) is 17.0 Å². The number of hydrazine groups is 1. The van der Waals surface area contributed by atoms with Crippen LogP contribution in [-0.2, 0) is 6.54 Å². The number of rotatable bonds is 5. The Balaban J connectivity index is 2.17. The number of hydrogen-bond acceptors (Lipinski definition) is 5. The number of amides is 1. The minimum Gasteiger partial charge on any atom is -0.497 e. The lowest BCUT2D eigenvalue weighted by Gasteiger charge is -2.20. The molecule has 1 aromatic carbocycles. The second-order valence-corrected chi connectivity index (χ2v) is 5.22. The number of benzene rings is 1. The highest BCUT2D eigenvalue weighted by Gasteiger charge is 2.13. The van der Waals surface area contributed by atoms with Gasteiger partial charge in [-0.05, 0) is 29.1 Å². The SMILES string of the molecule is COc1cccc(N(C)Cc2ccsc2C(=O)NN)c1. The average molecular weight is 291 g/mol. The maximum atomic E-state index is 11.6. The fraction of sp³-hybridized carbons (Fsp3) is 0.214. The van der Waals surface area contributed by atoms with E-state index in [1.807, 2.05) is 42.8 Å². The van der Waals surface area contributed by atoms with Crippen LogP contribution in [0.2, 0.25) is 0 Å². The Labute approximate surface area is 121 Å². The highest BCUT2D eigenvalue weighted by atomic mass is 32.1. The van der Waals surface area contributed by atoms with Crippen molar-refractivity contribution in [3.63, 3.8) is 0 Å². The summed E-state index contributed by atoms with van der Waals surface area (Å²) in [5, 5.41) is 1.89. The molecule has 2 aromatic rings. The molecule has 2 rings (SSSR count). The first-order valence-electron chi connectivity index (χ1n) is 6.08. The number of thiophene rings is 1. The van der Waals surface area contributed by atoms with Gasteiger partial charge in [-0.1, -0.05) is 6.07 Å². The van der Waals surface area contributed by atoms with Crippen molar-refractivity contribution >= 4 is 22.9 Å². The summed E-state index contributed by atoms with van der Waals surface area (Å²) >= 11 is 1.38. The van der Waals surface area contributed by atoms with Gasteiger partial charge in [0.1, 0.15) is 5.75 Å². The van der Waals surface area contributed by atoms with E-state index in [1.165, 1.54) is 11.3 Å². The largest absolute Gasteiger partial charge is 0.497 e. The monoisotopic (exact) mass is 291 g/mol. The van der Waals surface area contributed by atoms with E-state index in [0.29, 0.717) is 11.4 Å². The summed E-state index contributed by atoms with van der Waals surface area (Å²) in [5.74, 6) is 5.74. The fourth-order valence-corrected chi connectivity index (χ4v) is 2.74. The Morgan fingerprint density at radius 1 is 1.45 bits per heavy atom. The molecular formula is C14H17N3O2S. The van der Waals surface area contributed by atoms with Gasteiger partial charge in [0.05, 0.1) is 12.0 Å². The molecule has 1 amide bonds. The summed E-state index contributed by atoms with van der Waals surface area (Å²) in [5.41, 5.74) is 4.14. The first-order chi connectivity index (χ1) is 9.65. The third-order valence-electron chi connectivity index (χ3n) is 2.99. The first-order valence-corrected chi connectivity index (χ1v) is 6.96. The second kappa shape index (κ2) is 6.40. The van der Waals surface area contributed by atoms with Crippen LogP contribution >= 0.6 is 11.3 Å². The zero-order valence-corrected chi connectivity index (χ0v) is 12.2. The Morgan fingerprint density at radius 3 is 2.95 bits per heavy atom. The Kier molecular flexibility index (Phi) is 4.60. The lowest BCUT2D eigenvalue weighted by atomic mass is 10.2. The van der Waals surface area contributed by atoms with Crippen LogP contribution in [0.1, 0.15) is 15.2 Å². The molecule has 5 nitrogen and oxygen atoms in total. The number of methoxy groups -OCH3 is 1. The molecule has 0 atom stereocenters. The third kappa shape index (κ3) is 3.09. The van der Waals surface area contributed by atoms with Crippen LogP contribution in [0.3, 0.4) is 0 Å². The van der Waals surface area contributed by atoms with E-state index in [1.54, 1.807) is 7.11 Å². The van der Waals surface area contributed by atoms with Crippen LogP contribution in [0.5, 0.6) is 5.75 Å². The summed E-state index contributed by atoms with van der Waals surface area (Å²) in [4.78, 5) is 14.3. The number of nitrogens with one attached hydrogen (secondary N) is 1. The molecule has 0 fully saturated rings. The maximum Gasteiger partial charge on any atom is 0.275 e. The number of ether oxygens (including phenoxy) is 1. The first kappa shape index (κ1) is 14.4. The molecule has 6 heteroatoms. The van der Waals surface area contributed by atoms with Gasteiger partial charge < -0.3 is 9.64 Å². The van der Waals surface area contributed by atoms with Crippen molar-refractivity contribution in [3.8, 4) is 5.75 Å². The molecule has 0 aliphatic heterocycles. The Bertz CT molecular complexity index is 598. The number of carbonyl (C=O) groups is 1. The minimum atomic E-state index is -0.256. The molecule has 106 valence electrons. The number of nitrogens with zero attached hydrogens (tertiary/aromatic N) is 1. The molecule has 0 saturated heterocycles. The number of nitrogens with two attached hydrogens (primary N) is 1. The number of carbonyl (C=O) groups excluding carboxylic acids is 1. The van der Waals surface area contributed by atoms with Crippen LogP contribution in [0.25, 0.3) is 0 Å². The Morgan fingerprint density at radius 2 is 2.25 bits per heavy atom. The van der Waals surface area contributed by atoms with Gasteiger partial charge in [0.2, 0.25) is 0 Å². The van der Waals surface area contributed by atoms with Crippen LogP contribution in [0.4, 0.5) is 5.69 Å². The molecule has 0 aliphatic rings. The predicted molar refractivity (Wildman–Crippen MR) is 81.1 cm³/mol. The molecule has 0 aliphatic carbocycles. The highest BCUT2D eigenvalue weighted by Crippen LogP contribution is 2.24. The molecule has 0 bridgehead atoms. The summed E-state index contributed by atoms with van der Waals surface area (Å²) in [6.07, 6.45) is 0. The van der Waals surface area contributed by atoms with Crippen molar-refractivity contribution in [3.05, 3.63) is 46.2 Å². The maximum absolute atomic E-state index is 11.6. The summed E-state index contributed by atoms with van der Waals surface area (Å²) in [7, 11) is 3.61. The molecule has 1 aromatic heterocycles. The van der Waals surface area contributed by atoms with Gasteiger partial charge in [0.15, 0.2) is 0 Å². The summed E-state index contributed by atoms with van der Waals surface area (Å²) in [6.45, 7) is 0.624. The van der Waals surface area contributed by atoms with Gasteiger partial charge in [-0.3, -0.25) is 10.2 Å². The van der Waals surface area contributed by atoms with Gasteiger partial charge in [-0.15, -0.1) is 11.3 Å². The number of nitrogen functional groups attached to an aromatic ring is 1. The van der Waals surface area contributed by atoms with Gasteiger partial charge in [-0.25, -0.2) is 5.84 Å². The average Bonchev–Trinajstić information content (AvgIpc) is 2.94. The minimum absolute atomic E-state index is 0.256. The van der Waals surface area contributed by atoms with Crippen molar-refractivity contribution in [1.29, 1.82) is 0 Å². The van der Waals surface area contributed by atoms with Gasteiger partial charge in [0, 0.05) is 25.3 Å². The molecule has 1 heterocycles. The highest BCUT2D eigenvalue weighted by molar-refractivity contribution is 7.12. The van der Waals surface area contributed by atoms with Crippen molar-refractivity contribution in [2.24, 2.45) is 5.84 Å². The standard InChI is InChI=1S/C14H17N3O2S/c1-17(11-4-3-5-12(8-11)19-2)9-10-6-7-20-13(10)14(18)16-15/h3-8H,9,15H2,1-2H3,(H,16,18). The zero-order chi connectivity index (χ0) is 14.5. The van der Waals surface area contributed by atoms with E-state index in [-0.39, 0.29) is 5.91 Å². The van der Waals surface area contributed by atoms with Crippen LogP contribution in [0, 0.1) is 0 Å². The van der Waals surface area contributed by atoms with Crippen molar-refractivity contribution in [1.82, 2.24) is 5.43 Å². The lowest BCUT2D eigenvalue weighted by molar-refractivity contribution is 0.0957. The second-order valence-electron chi connectivity index (χ2n) is 4.31. The van der Waals surface area contributed by atoms with Gasteiger partial charge in [-0.2, -0.15) is 0 Å². The van der Waals surface area contributed by atoms with Crippen LogP contribution in [0.15, 0.2) is 35.7 Å². The molecule has 0 saturated carbocycles. The van der Waals surface area contributed by atoms with Crippen molar-refractivity contribution < 1.29 is 9.53 Å². The number of anilines is 1. The van der Waals surface area contributed by atoms with E-state index >= 15 is 0 Å². The quantitative estimate of drug-likeness (QED) is 0.502. The van der Waals surface area contributed by atoms with E-state index in [2.05, 4.69) is 10.3 Å². The fourth-order valence-electron chi connectivity index (χ4n) is 1.92. The molecule has 3 N–H and O–H groups in total. The van der Waals surface area contributed by atoms with E-state index in [9.17, 15) is 4.79 Å². The lowest BCUT2D eigenvalue weighted by Crippen LogP contribution is -2.30. The van der Waals surface area contributed by atoms with Crippen LogP contribution < -0.4 is 20.9 Å². The summed E-state index contributed by atoms with van der Waals surface area (Å²) < 4.78 is 5.21. The summed E-state index contributed by atoms with van der Waals surface area (Å²) in [6, 6.07) is 9.72. The Hall–Kier alpha value is -2.05. The topological polar surface area (TPSA) is 67.6 Å². The van der Waals surface area contributed by atoms with Crippen molar-refractivity contribution in [2.45, 2.75) is 6.54 Å². The van der Waals surface area contributed by atoms with E-state index < -0.39 is 0 Å². The third-order valence-corrected chi connectivity index (χ3v) is 3.94. The molecule has 20 heavy (non-hydrogen) atoms. The van der Waals surface area contributed by atoms with Gasteiger partial charge in [0.25, 0.3) is 5.91 Å². The molecule has 0 radical (unpaired) electrons. The predicted octanol–water partition coefficient (Wildman–Crippen LogP) is 2.00. The molecule has 0 unspecified atom stereocenters. The van der Waals surface area contributed by atoms with E-state index in [4.69, 9.17) is 10.6 Å². The molecular weight excluding hydrogens is 274 g/mol. The van der Waals surface area contributed by atoms with Crippen molar-refractivity contribution in [2.75, 3.05) is 19.1 Å². The number of hydrogen-bond donors (Lipinski definition) is 2. The van der Waals surface area contributed by atoms with Crippen LogP contribution in [-0.4, -0.2) is 20.1 Å². The van der Waals surface area contributed by atoms with Gasteiger partial charge >= 0.3 is 0 Å². The normalized spacial score (nSPS) is 10.2. The smallest absolute Gasteiger partial charge is 0.275 e. The zero-order valence-electron chi connectivity index (χ0n) is 11.4.